The second-order valence-electron chi connectivity index (χ2n) is 3.99. The van der Waals surface area contributed by atoms with Crippen LogP contribution in [0.3, 0.4) is 0 Å². The maximum absolute atomic E-state index is 13.6. The molecule has 1 N–H and O–H groups in total. The minimum Gasteiger partial charge on any atom is -0.504 e. The van der Waals surface area contributed by atoms with Crippen molar-refractivity contribution < 1.29 is 14.2 Å². The molecule has 0 saturated heterocycles. The van der Waals surface area contributed by atoms with Crippen LogP contribution in [-0.4, -0.2) is 17.2 Å². The molecule has 0 saturated carbocycles. The molecule has 0 aliphatic heterocycles. The monoisotopic (exact) mass is 275 g/mol. The number of thiazole rings is 1. The predicted molar refractivity (Wildman–Crippen MR) is 73.2 cm³/mol. The topological polar surface area (TPSA) is 42.4 Å². The summed E-state index contributed by atoms with van der Waals surface area (Å²) >= 11 is 1.38. The Kier molecular flexibility index (Phi) is 2.83. The average molecular weight is 275 g/mol. The first-order valence-electron chi connectivity index (χ1n) is 5.61. The number of para-hydroxylation sites is 1. The number of aromatic hydroxyl groups is 1. The molecule has 0 aliphatic rings. The minimum absolute atomic E-state index is 0.0414. The molecule has 3 nitrogen and oxygen atoms in total. The van der Waals surface area contributed by atoms with E-state index in [0.717, 1.165) is 10.3 Å². The summed E-state index contributed by atoms with van der Waals surface area (Å²) in [5.41, 5.74) is 1.09. The molecule has 3 rings (SSSR count). The van der Waals surface area contributed by atoms with Crippen molar-refractivity contribution >= 4 is 21.6 Å². The van der Waals surface area contributed by atoms with Gasteiger partial charge in [0.05, 0.1) is 11.8 Å². The molecular formula is C14H10FNO2S. The van der Waals surface area contributed by atoms with Gasteiger partial charge < -0.3 is 9.84 Å². The Morgan fingerprint density at radius 3 is 2.79 bits per heavy atom. The highest BCUT2D eigenvalue weighted by molar-refractivity contribution is 7.21. The van der Waals surface area contributed by atoms with Crippen molar-refractivity contribution in [1.29, 1.82) is 0 Å². The van der Waals surface area contributed by atoms with Crippen LogP contribution < -0.4 is 4.74 Å². The van der Waals surface area contributed by atoms with Gasteiger partial charge in [-0.3, -0.25) is 0 Å². The fourth-order valence-corrected chi connectivity index (χ4v) is 2.84. The number of nitrogens with zero attached hydrogens (tertiary/aromatic N) is 1. The molecule has 3 aromatic rings. The molecule has 0 aliphatic carbocycles. The van der Waals surface area contributed by atoms with Crippen LogP contribution in [0, 0.1) is 5.82 Å². The number of hydrogen-bond donors (Lipinski definition) is 1. The molecule has 0 fully saturated rings. The second-order valence-corrected chi connectivity index (χ2v) is 5.02. The molecule has 96 valence electrons. The van der Waals surface area contributed by atoms with Crippen LogP contribution in [0.4, 0.5) is 4.39 Å². The van der Waals surface area contributed by atoms with Gasteiger partial charge in [0, 0.05) is 5.56 Å². The fraction of sp³-hybridized carbons (Fsp3) is 0.0714. The second kappa shape index (κ2) is 4.51. The largest absolute Gasteiger partial charge is 0.504 e. The third-order valence-corrected chi connectivity index (χ3v) is 3.87. The molecule has 1 aromatic heterocycles. The summed E-state index contributed by atoms with van der Waals surface area (Å²) in [5.74, 6) is 0.105. The zero-order chi connectivity index (χ0) is 13.4. The summed E-state index contributed by atoms with van der Waals surface area (Å²) < 4.78 is 19.4. The van der Waals surface area contributed by atoms with Gasteiger partial charge in [-0.1, -0.05) is 6.07 Å². The lowest BCUT2D eigenvalue weighted by atomic mass is 10.2. The van der Waals surface area contributed by atoms with Crippen LogP contribution in [0.5, 0.6) is 11.5 Å². The van der Waals surface area contributed by atoms with Crippen LogP contribution in [0.2, 0.25) is 0 Å². The molecule has 19 heavy (non-hydrogen) atoms. The summed E-state index contributed by atoms with van der Waals surface area (Å²) in [6, 6.07) is 9.88. The number of benzene rings is 2. The predicted octanol–water partition coefficient (Wildman–Crippen LogP) is 3.82. The zero-order valence-electron chi connectivity index (χ0n) is 10.1. The van der Waals surface area contributed by atoms with Crippen molar-refractivity contribution in [2.75, 3.05) is 7.11 Å². The highest BCUT2D eigenvalue weighted by Gasteiger charge is 2.11. The molecular weight excluding hydrogens is 265 g/mol. The van der Waals surface area contributed by atoms with Crippen LogP contribution in [0.1, 0.15) is 0 Å². The quantitative estimate of drug-likeness (QED) is 0.773. The van der Waals surface area contributed by atoms with E-state index in [1.807, 2.05) is 6.07 Å². The summed E-state index contributed by atoms with van der Waals surface area (Å²) in [7, 11) is 1.49. The van der Waals surface area contributed by atoms with Gasteiger partial charge in [-0.25, -0.2) is 9.37 Å². The first-order valence-corrected chi connectivity index (χ1v) is 6.43. The minimum atomic E-state index is -0.335. The third kappa shape index (κ3) is 2.02. The van der Waals surface area contributed by atoms with E-state index in [0.29, 0.717) is 16.3 Å². The van der Waals surface area contributed by atoms with E-state index in [1.54, 1.807) is 24.3 Å². The summed E-state index contributed by atoms with van der Waals surface area (Å²) in [6.07, 6.45) is 0. The molecule has 2 aromatic carbocycles. The van der Waals surface area contributed by atoms with E-state index in [9.17, 15) is 9.50 Å². The lowest BCUT2D eigenvalue weighted by Crippen LogP contribution is -1.84. The molecule has 0 bridgehead atoms. The van der Waals surface area contributed by atoms with Gasteiger partial charge in [0.15, 0.2) is 11.5 Å². The van der Waals surface area contributed by atoms with Crippen LogP contribution in [0.15, 0.2) is 36.4 Å². The molecule has 5 heteroatoms. The molecule has 0 spiro atoms. The number of hydrogen-bond acceptors (Lipinski definition) is 4. The summed E-state index contributed by atoms with van der Waals surface area (Å²) in [5, 5.41) is 10.4. The van der Waals surface area contributed by atoms with E-state index in [2.05, 4.69) is 4.98 Å². The van der Waals surface area contributed by atoms with Crippen molar-refractivity contribution in [3.05, 3.63) is 42.2 Å². The highest BCUT2D eigenvalue weighted by atomic mass is 32.1. The Balaban J connectivity index is 2.14. The van der Waals surface area contributed by atoms with Crippen molar-refractivity contribution in [2.45, 2.75) is 0 Å². The number of halogens is 1. The van der Waals surface area contributed by atoms with Crippen LogP contribution in [-0.2, 0) is 0 Å². The van der Waals surface area contributed by atoms with Gasteiger partial charge in [-0.05, 0) is 30.3 Å². The van der Waals surface area contributed by atoms with E-state index in [4.69, 9.17) is 4.74 Å². The Morgan fingerprint density at radius 1 is 1.26 bits per heavy atom. The molecule has 0 atom stereocenters. The number of phenols is 1. The summed E-state index contributed by atoms with van der Waals surface area (Å²) in [6.45, 7) is 0. The van der Waals surface area contributed by atoms with E-state index < -0.39 is 0 Å². The summed E-state index contributed by atoms with van der Waals surface area (Å²) in [4.78, 5) is 4.27. The number of methoxy groups -OCH3 is 1. The number of phenolic OH excluding ortho intramolecular Hbond substituents is 1. The highest BCUT2D eigenvalue weighted by Crippen LogP contribution is 2.35. The number of rotatable bonds is 2. The van der Waals surface area contributed by atoms with Gasteiger partial charge in [0.25, 0.3) is 0 Å². The maximum Gasteiger partial charge on any atom is 0.160 e. The van der Waals surface area contributed by atoms with Crippen LogP contribution in [0.25, 0.3) is 20.8 Å². The average Bonchev–Trinajstić information content (AvgIpc) is 2.84. The van der Waals surface area contributed by atoms with Gasteiger partial charge in [0.1, 0.15) is 16.3 Å². The molecule has 1 heterocycles. The van der Waals surface area contributed by atoms with Crippen molar-refractivity contribution in [3.63, 3.8) is 0 Å². The lowest BCUT2D eigenvalue weighted by Gasteiger charge is -2.03. The van der Waals surface area contributed by atoms with Gasteiger partial charge in [-0.15, -0.1) is 11.3 Å². The zero-order valence-corrected chi connectivity index (χ0v) is 10.9. The SMILES string of the molecule is COc1ccc(-c2nc3c(F)cccc3s2)cc1O. The van der Waals surface area contributed by atoms with Crippen molar-refractivity contribution in [3.8, 4) is 22.1 Å². The third-order valence-electron chi connectivity index (χ3n) is 2.80. The first-order chi connectivity index (χ1) is 9.19. The van der Waals surface area contributed by atoms with E-state index >= 15 is 0 Å². The number of aromatic nitrogens is 1. The Morgan fingerprint density at radius 2 is 2.11 bits per heavy atom. The van der Waals surface area contributed by atoms with Gasteiger partial charge in [0.2, 0.25) is 0 Å². The van der Waals surface area contributed by atoms with E-state index in [1.165, 1.54) is 24.5 Å². The van der Waals surface area contributed by atoms with Gasteiger partial charge in [-0.2, -0.15) is 0 Å². The Hall–Kier alpha value is -2.14. The fourth-order valence-electron chi connectivity index (χ4n) is 1.86. The number of fused-ring (bicyclic) bond motifs is 1. The maximum atomic E-state index is 13.6. The van der Waals surface area contributed by atoms with E-state index in [-0.39, 0.29) is 11.6 Å². The lowest BCUT2D eigenvalue weighted by molar-refractivity contribution is 0.373. The molecule has 0 unspecified atom stereocenters. The molecule has 0 radical (unpaired) electrons. The van der Waals surface area contributed by atoms with Crippen LogP contribution >= 0.6 is 11.3 Å². The van der Waals surface area contributed by atoms with Crippen molar-refractivity contribution in [1.82, 2.24) is 4.98 Å². The Bertz CT molecular complexity index is 754. The normalized spacial score (nSPS) is 10.8. The molecule has 0 amide bonds. The van der Waals surface area contributed by atoms with Crippen molar-refractivity contribution in [2.24, 2.45) is 0 Å². The standard InChI is InChI=1S/C14H10FNO2S/c1-18-11-6-5-8(7-10(11)17)14-16-13-9(15)3-2-4-12(13)19-14/h2-7,17H,1H3. The van der Waals surface area contributed by atoms with Gasteiger partial charge >= 0.3 is 0 Å². The Labute approximate surface area is 112 Å². The first kappa shape index (κ1) is 11.9. The smallest absolute Gasteiger partial charge is 0.160 e. The number of ether oxygens (including phenoxy) is 1.